The zero-order valence-corrected chi connectivity index (χ0v) is 10.5. The predicted molar refractivity (Wildman–Crippen MR) is 64.4 cm³/mol. The second kappa shape index (κ2) is 5.28. The van der Waals surface area contributed by atoms with Crippen LogP contribution in [0.5, 0.6) is 0 Å². The molecule has 15 heavy (non-hydrogen) atoms. The third-order valence-electron chi connectivity index (χ3n) is 1.68. The first-order chi connectivity index (χ1) is 7.00. The van der Waals surface area contributed by atoms with Crippen molar-refractivity contribution in [2.45, 2.75) is 6.92 Å². The Morgan fingerprint density at radius 1 is 1.73 bits per heavy atom. The average molecular weight is 290 g/mol. The van der Waals surface area contributed by atoms with E-state index in [1.807, 2.05) is 6.92 Å². The number of aromatic nitrogens is 1. The summed E-state index contributed by atoms with van der Waals surface area (Å²) < 4.78 is 0.701. The van der Waals surface area contributed by atoms with Crippen molar-refractivity contribution in [2.24, 2.45) is 0 Å². The highest BCUT2D eigenvalue weighted by molar-refractivity contribution is 9.11. The van der Waals surface area contributed by atoms with E-state index in [4.69, 9.17) is 11.6 Å². The molecule has 0 aliphatic rings. The van der Waals surface area contributed by atoms with Crippen molar-refractivity contribution in [3.8, 4) is 0 Å². The minimum Gasteiger partial charge on any atom is -0.347 e. The molecule has 1 amide bonds. The van der Waals surface area contributed by atoms with Gasteiger partial charge in [0.05, 0.1) is 10.6 Å². The van der Waals surface area contributed by atoms with Gasteiger partial charge in [0.25, 0.3) is 5.91 Å². The second-order valence-corrected chi connectivity index (χ2v) is 4.53. The van der Waals surface area contributed by atoms with Crippen LogP contribution in [0.1, 0.15) is 16.1 Å². The Balaban J connectivity index is 2.78. The van der Waals surface area contributed by atoms with Crippen molar-refractivity contribution in [2.75, 3.05) is 6.54 Å². The molecule has 0 radical (unpaired) electrons. The molecule has 0 aliphatic heterocycles. The fraction of sp³-hybridized carbons (Fsp3) is 0.200. The Hall–Kier alpha value is -0.870. The highest BCUT2D eigenvalue weighted by Gasteiger charge is 2.10. The molecule has 0 aromatic carbocycles. The van der Waals surface area contributed by atoms with Gasteiger partial charge >= 0.3 is 0 Å². The third-order valence-corrected chi connectivity index (χ3v) is 2.27. The van der Waals surface area contributed by atoms with Crippen molar-refractivity contribution in [1.82, 2.24) is 10.3 Å². The molecule has 0 fully saturated rings. The minimum atomic E-state index is -0.256. The smallest absolute Gasteiger partial charge is 0.254 e. The molecule has 0 bridgehead atoms. The van der Waals surface area contributed by atoms with Crippen LogP contribution < -0.4 is 5.32 Å². The van der Waals surface area contributed by atoms with Gasteiger partial charge in [-0.05, 0) is 13.0 Å². The number of rotatable bonds is 3. The number of carbonyl (C=O) groups is 1. The minimum absolute atomic E-state index is 0.256. The van der Waals surface area contributed by atoms with Gasteiger partial charge in [-0.25, -0.2) is 0 Å². The van der Waals surface area contributed by atoms with E-state index in [2.05, 4.69) is 32.8 Å². The van der Waals surface area contributed by atoms with Crippen LogP contribution in [0.25, 0.3) is 0 Å². The van der Waals surface area contributed by atoms with Crippen LogP contribution >= 0.6 is 27.5 Å². The summed E-state index contributed by atoms with van der Waals surface area (Å²) in [6.07, 6.45) is 1.46. The van der Waals surface area contributed by atoms with Crippen molar-refractivity contribution in [3.05, 3.63) is 39.6 Å². The number of carbonyl (C=O) groups excluding carboxylic acids is 1. The molecule has 0 atom stereocenters. The zero-order chi connectivity index (χ0) is 11.4. The highest BCUT2D eigenvalue weighted by Crippen LogP contribution is 2.15. The summed E-state index contributed by atoms with van der Waals surface area (Å²) in [5.74, 6) is -0.256. The summed E-state index contributed by atoms with van der Waals surface area (Å²) in [6, 6.07) is 1.65. The van der Waals surface area contributed by atoms with E-state index in [0.29, 0.717) is 21.6 Å². The molecule has 5 heteroatoms. The van der Waals surface area contributed by atoms with Gasteiger partial charge in [-0.2, -0.15) is 0 Å². The Bertz CT molecular complexity index is 406. The monoisotopic (exact) mass is 288 g/mol. The quantitative estimate of drug-likeness (QED) is 0.929. The van der Waals surface area contributed by atoms with Crippen LogP contribution in [0.4, 0.5) is 0 Å². The van der Waals surface area contributed by atoms with Gasteiger partial charge in [-0.15, -0.1) is 0 Å². The van der Waals surface area contributed by atoms with Crippen LogP contribution in [-0.4, -0.2) is 17.4 Å². The molecule has 0 aliphatic carbocycles. The Morgan fingerprint density at radius 2 is 2.40 bits per heavy atom. The van der Waals surface area contributed by atoms with Crippen molar-refractivity contribution >= 4 is 33.4 Å². The first-order valence-electron chi connectivity index (χ1n) is 4.24. The maximum Gasteiger partial charge on any atom is 0.254 e. The standard InChI is InChI=1S/C10H10BrClN2O/c1-6(11)4-14-10(15)8-5-13-7(2)3-9(8)12/h3,5H,1,4H2,2H3,(H,14,15). The SMILES string of the molecule is C=C(Br)CNC(=O)c1cnc(C)cc1Cl. The molecule has 1 aromatic heterocycles. The van der Waals surface area contributed by atoms with E-state index < -0.39 is 0 Å². The largest absolute Gasteiger partial charge is 0.347 e. The van der Waals surface area contributed by atoms with Crippen molar-refractivity contribution < 1.29 is 4.79 Å². The lowest BCUT2D eigenvalue weighted by Gasteiger charge is -2.05. The molecule has 3 nitrogen and oxygen atoms in total. The summed E-state index contributed by atoms with van der Waals surface area (Å²) >= 11 is 9.05. The maximum atomic E-state index is 11.6. The fourth-order valence-electron chi connectivity index (χ4n) is 0.965. The lowest BCUT2D eigenvalue weighted by molar-refractivity contribution is 0.0957. The first kappa shape index (κ1) is 12.2. The molecule has 0 unspecified atom stereocenters. The van der Waals surface area contributed by atoms with Crippen molar-refractivity contribution in [3.63, 3.8) is 0 Å². The number of hydrogen-bond acceptors (Lipinski definition) is 2. The van der Waals surface area contributed by atoms with Gasteiger partial charge in [0, 0.05) is 22.9 Å². The molecule has 0 spiro atoms. The summed E-state index contributed by atoms with van der Waals surface area (Å²) in [7, 11) is 0. The van der Waals surface area contributed by atoms with E-state index in [1.54, 1.807) is 6.07 Å². The molecule has 0 saturated heterocycles. The van der Waals surface area contributed by atoms with Gasteiger partial charge in [-0.1, -0.05) is 34.1 Å². The number of nitrogens with one attached hydrogen (secondary N) is 1. The molecule has 80 valence electrons. The van der Waals surface area contributed by atoms with E-state index in [0.717, 1.165) is 5.69 Å². The van der Waals surface area contributed by atoms with Crippen LogP contribution in [0.3, 0.4) is 0 Å². The summed E-state index contributed by atoms with van der Waals surface area (Å²) in [6.45, 7) is 5.79. The molecule has 1 heterocycles. The fourth-order valence-corrected chi connectivity index (χ4v) is 1.40. The number of pyridine rings is 1. The van der Waals surface area contributed by atoms with Crippen LogP contribution in [-0.2, 0) is 0 Å². The van der Waals surface area contributed by atoms with Gasteiger partial charge in [0.15, 0.2) is 0 Å². The number of hydrogen-bond donors (Lipinski definition) is 1. The molecule has 0 saturated carbocycles. The van der Waals surface area contributed by atoms with Crippen LogP contribution in [0.2, 0.25) is 5.02 Å². The van der Waals surface area contributed by atoms with Gasteiger partial charge in [-0.3, -0.25) is 9.78 Å². The zero-order valence-electron chi connectivity index (χ0n) is 8.18. The van der Waals surface area contributed by atoms with Gasteiger partial charge in [0.2, 0.25) is 0 Å². The van der Waals surface area contributed by atoms with E-state index >= 15 is 0 Å². The summed E-state index contributed by atoms with van der Waals surface area (Å²) in [4.78, 5) is 15.6. The summed E-state index contributed by atoms with van der Waals surface area (Å²) in [5.41, 5.74) is 1.15. The highest BCUT2D eigenvalue weighted by atomic mass is 79.9. The summed E-state index contributed by atoms with van der Waals surface area (Å²) in [5, 5.41) is 3.05. The number of aryl methyl sites for hydroxylation is 1. The molecular formula is C10H10BrClN2O. The third kappa shape index (κ3) is 3.64. The number of nitrogens with zero attached hydrogens (tertiary/aromatic N) is 1. The molecule has 1 rings (SSSR count). The Kier molecular flexibility index (Phi) is 4.29. The van der Waals surface area contributed by atoms with E-state index in [-0.39, 0.29) is 5.91 Å². The van der Waals surface area contributed by atoms with Gasteiger partial charge < -0.3 is 5.32 Å². The van der Waals surface area contributed by atoms with Crippen LogP contribution in [0, 0.1) is 6.92 Å². The van der Waals surface area contributed by atoms with E-state index in [1.165, 1.54) is 6.20 Å². The average Bonchev–Trinajstić information content (AvgIpc) is 2.14. The maximum absolute atomic E-state index is 11.6. The second-order valence-electron chi connectivity index (χ2n) is 3.01. The Labute approximate surface area is 102 Å². The van der Waals surface area contributed by atoms with Gasteiger partial charge in [0.1, 0.15) is 0 Å². The lowest BCUT2D eigenvalue weighted by atomic mass is 10.2. The normalized spacial score (nSPS) is 9.80. The first-order valence-corrected chi connectivity index (χ1v) is 5.41. The number of amides is 1. The van der Waals surface area contributed by atoms with E-state index in [9.17, 15) is 4.79 Å². The lowest BCUT2D eigenvalue weighted by Crippen LogP contribution is -2.24. The predicted octanol–water partition coefficient (Wildman–Crippen LogP) is 2.68. The molecular weight excluding hydrogens is 279 g/mol. The molecule has 1 N–H and O–H groups in total. The van der Waals surface area contributed by atoms with Crippen LogP contribution in [0.15, 0.2) is 23.3 Å². The topological polar surface area (TPSA) is 42.0 Å². The molecule has 1 aromatic rings. The van der Waals surface area contributed by atoms with Crippen molar-refractivity contribution in [1.29, 1.82) is 0 Å². The Morgan fingerprint density at radius 3 is 2.93 bits per heavy atom. The number of halogens is 2.